The van der Waals surface area contributed by atoms with Gasteiger partial charge in [-0.2, -0.15) is 0 Å². The Labute approximate surface area is 286 Å². The van der Waals surface area contributed by atoms with Crippen molar-refractivity contribution in [1.82, 2.24) is 0 Å². The zero-order chi connectivity index (χ0) is 31.2. The van der Waals surface area contributed by atoms with Crippen LogP contribution in [0.2, 0.25) is 0 Å². The molecule has 0 amide bonds. The van der Waals surface area contributed by atoms with Gasteiger partial charge >= 0.3 is 0 Å². The van der Waals surface area contributed by atoms with Crippen LogP contribution in [-0.4, -0.2) is 0 Å². The van der Waals surface area contributed by atoms with E-state index >= 15 is 0 Å². The summed E-state index contributed by atoms with van der Waals surface area (Å²) in [6.45, 7) is 0. The Bertz CT molecular complexity index is 2340. The Morgan fingerprint density at radius 1 is 0.213 bits per heavy atom. The second-order valence-corrected chi connectivity index (χ2v) is 14.9. The first-order chi connectivity index (χ1) is 23.3. The molecule has 9 aromatic rings. The Morgan fingerprint density at radius 3 is 0.787 bits per heavy atom. The fourth-order valence-electron chi connectivity index (χ4n) is 6.57. The van der Waals surface area contributed by atoms with E-state index < -0.39 is 0 Å². The van der Waals surface area contributed by atoms with Crippen molar-refractivity contribution in [2.24, 2.45) is 0 Å². The van der Waals surface area contributed by atoms with Crippen molar-refractivity contribution in [2.45, 2.75) is 0 Å². The van der Waals surface area contributed by atoms with Gasteiger partial charge in [-0.3, -0.25) is 0 Å². The molecule has 0 saturated carbocycles. The van der Waals surface area contributed by atoms with Crippen LogP contribution in [0.3, 0.4) is 0 Å². The van der Waals surface area contributed by atoms with E-state index in [1.807, 2.05) is 34.0 Å². The molecule has 0 aliphatic rings. The number of benzene rings is 6. The van der Waals surface area contributed by atoms with Crippen LogP contribution in [0, 0.1) is 0 Å². The predicted octanol–water partition coefficient (Wildman–Crippen LogP) is 14.2. The van der Waals surface area contributed by atoms with Gasteiger partial charge in [-0.25, -0.2) is 0 Å². The van der Waals surface area contributed by atoms with E-state index in [1.165, 1.54) is 84.2 Å². The van der Waals surface area contributed by atoms with Crippen LogP contribution in [0.25, 0.3) is 84.2 Å². The van der Waals surface area contributed by atoms with Gasteiger partial charge in [0.1, 0.15) is 0 Å². The maximum atomic E-state index is 2.32. The quantitative estimate of drug-likeness (QED) is 0.168. The molecule has 0 unspecified atom stereocenters. The third-order valence-corrected chi connectivity index (χ3v) is 12.3. The summed E-state index contributed by atoms with van der Waals surface area (Å²) in [5, 5.41) is 5.17. The monoisotopic (exact) mass is 652 g/mol. The summed E-state index contributed by atoms with van der Waals surface area (Å²) in [6.07, 6.45) is 0. The molecule has 47 heavy (non-hydrogen) atoms. The molecule has 0 nitrogen and oxygen atoms in total. The van der Waals surface area contributed by atoms with Gasteiger partial charge in [-0.15, -0.1) is 34.0 Å². The van der Waals surface area contributed by atoms with Gasteiger partial charge in [-0.1, -0.05) is 133 Å². The van der Waals surface area contributed by atoms with Crippen LogP contribution in [0.15, 0.2) is 170 Å². The lowest BCUT2D eigenvalue weighted by Crippen LogP contribution is -1.83. The maximum absolute atomic E-state index is 2.32. The minimum absolute atomic E-state index is 1.27. The highest BCUT2D eigenvalue weighted by Gasteiger charge is 2.16. The van der Waals surface area contributed by atoms with Gasteiger partial charge < -0.3 is 0 Å². The summed E-state index contributed by atoms with van der Waals surface area (Å²) in [7, 11) is 0. The lowest BCUT2D eigenvalue weighted by Gasteiger charge is -2.11. The Balaban J connectivity index is 1.09. The molecule has 6 aromatic carbocycles. The van der Waals surface area contributed by atoms with Gasteiger partial charge in [0.05, 0.1) is 0 Å². The molecule has 3 aromatic heterocycles. The van der Waals surface area contributed by atoms with Crippen LogP contribution in [0.1, 0.15) is 0 Å². The highest BCUT2D eigenvalue weighted by Crippen LogP contribution is 2.45. The Hall–Kier alpha value is -5.06. The minimum atomic E-state index is 1.27. The smallest absolute Gasteiger partial charge is 0.0355 e. The second kappa shape index (κ2) is 11.9. The van der Waals surface area contributed by atoms with Crippen LogP contribution >= 0.6 is 34.0 Å². The third-order valence-electron chi connectivity index (χ3n) is 8.84. The molecular weight excluding hydrogens is 625 g/mol. The Kier molecular flexibility index (Phi) is 7.16. The summed E-state index contributed by atoms with van der Waals surface area (Å²) < 4.78 is 0. The van der Waals surface area contributed by atoms with Crippen molar-refractivity contribution in [2.75, 3.05) is 0 Å². The number of hydrogen-bond donors (Lipinski definition) is 0. The largest absolute Gasteiger partial charge is 0.135 e. The van der Waals surface area contributed by atoms with Crippen LogP contribution in [0.4, 0.5) is 0 Å². The molecule has 0 aliphatic carbocycles. The first-order valence-electron chi connectivity index (χ1n) is 15.8. The molecule has 0 N–H and O–H groups in total. The SMILES string of the molecule is c1ccc(-c2ccc(-c3ccc(-c4ccc(-c5ccc(-c6ccc(-c7ccccc7)s6)c6ccccc56)s4)c4ccccc34)s2)cc1. The van der Waals surface area contributed by atoms with Crippen LogP contribution in [-0.2, 0) is 0 Å². The van der Waals surface area contributed by atoms with Crippen LogP contribution in [0.5, 0.6) is 0 Å². The molecule has 0 spiro atoms. The van der Waals surface area contributed by atoms with Gasteiger partial charge in [0, 0.05) is 29.3 Å². The van der Waals surface area contributed by atoms with Crippen molar-refractivity contribution >= 4 is 55.6 Å². The minimum Gasteiger partial charge on any atom is -0.135 e. The van der Waals surface area contributed by atoms with Crippen molar-refractivity contribution < 1.29 is 0 Å². The molecule has 0 radical (unpaired) electrons. The van der Waals surface area contributed by atoms with E-state index in [4.69, 9.17) is 0 Å². The fraction of sp³-hybridized carbons (Fsp3) is 0. The maximum Gasteiger partial charge on any atom is 0.0355 e. The first-order valence-corrected chi connectivity index (χ1v) is 18.2. The van der Waals surface area contributed by atoms with Crippen molar-refractivity contribution in [3.05, 3.63) is 170 Å². The summed E-state index contributed by atoms with van der Waals surface area (Å²) >= 11 is 5.60. The molecule has 0 fully saturated rings. The fourth-order valence-corrected chi connectivity index (χ4v) is 9.75. The van der Waals surface area contributed by atoms with Gasteiger partial charge in [0.15, 0.2) is 0 Å². The van der Waals surface area contributed by atoms with Crippen molar-refractivity contribution in [3.8, 4) is 62.6 Å². The average molecular weight is 653 g/mol. The molecular formula is C44H28S3. The molecule has 0 aliphatic heterocycles. The van der Waals surface area contributed by atoms with Gasteiger partial charge in [-0.05, 0) is 91.3 Å². The van der Waals surface area contributed by atoms with E-state index in [9.17, 15) is 0 Å². The summed E-state index contributed by atoms with van der Waals surface area (Å²) in [6, 6.07) is 61.9. The van der Waals surface area contributed by atoms with Crippen molar-refractivity contribution in [1.29, 1.82) is 0 Å². The van der Waals surface area contributed by atoms with E-state index in [0.29, 0.717) is 0 Å². The summed E-state index contributed by atoms with van der Waals surface area (Å²) in [5.41, 5.74) is 7.69. The third kappa shape index (κ3) is 5.14. The standard InChI is InChI=1S/C44H28S3/c1-3-11-29(12-4-1)39-23-25-41(45-39)35-19-21-37(33-17-9-7-15-31(33)35)43-27-28-44(47-43)38-22-20-36(32-16-8-10-18-34(32)38)42-26-24-40(46-42)30-13-5-2-6-14-30/h1-28H. The molecule has 0 atom stereocenters. The molecule has 222 valence electrons. The van der Waals surface area contributed by atoms with Gasteiger partial charge in [0.2, 0.25) is 0 Å². The van der Waals surface area contributed by atoms with E-state index in [2.05, 4.69) is 170 Å². The first kappa shape index (κ1) is 28.2. The number of hydrogen-bond acceptors (Lipinski definition) is 3. The molecule has 0 saturated heterocycles. The van der Waals surface area contributed by atoms with Crippen molar-refractivity contribution in [3.63, 3.8) is 0 Å². The number of fused-ring (bicyclic) bond motifs is 2. The van der Waals surface area contributed by atoms with Gasteiger partial charge in [0.25, 0.3) is 0 Å². The topological polar surface area (TPSA) is 0 Å². The summed E-state index contributed by atoms with van der Waals surface area (Å²) in [4.78, 5) is 7.77. The normalized spacial score (nSPS) is 11.4. The Morgan fingerprint density at radius 2 is 0.468 bits per heavy atom. The highest BCUT2D eigenvalue weighted by atomic mass is 32.1. The molecule has 0 bridgehead atoms. The highest BCUT2D eigenvalue weighted by molar-refractivity contribution is 7.19. The lowest BCUT2D eigenvalue weighted by molar-refractivity contribution is 1.70. The van der Waals surface area contributed by atoms with E-state index in [1.54, 1.807) is 0 Å². The average Bonchev–Trinajstić information content (AvgIpc) is 3.94. The second-order valence-electron chi connectivity index (χ2n) is 11.6. The molecule has 3 heterocycles. The predicted molar refractivity (Wildman–Crippen MR) is 208 cm³/mol. The molecule has 3 heteroatoms. The summed E-state index contributed by atoms with van der Waals surface area (Å²) in [5.74, 6) is 0. The van der Waals surface area contributed by atoms with Crippen LogP contribution < -0.4 is 0 Å². The lowest BCUT2D eigenvalue weighted by atomic mass is 9.97. The molecule has 9 rings (SSSR count). The zero-order valence-electron chi connectivity index (χ0n) is 25.4. The van der Waals surface area contributed by atoms with E-state index in [-0.39, 0.29) is 0 Å². The number of thiophene rings is 3. The van der Waals surface area contributed by atoms with E-state index in [0.717, 1.165) is 0 Å². The zero-order valence-corrected chi connectivity index (χ0v) is 27.8. The number of rotatable bonds is 6.